The molecule has 6 nitrogen and oxygen atoms in total. The number of aromatic nitrogens is 2. The molecular weight excluding hydrogens is 422 g/mol. The summed E-state index contributed by atoms with van der Waals surface area (Å²) in [4.78, 5) is 29.8. The number of carbonyl (C=O) groups excluding carboxylic acids is 1. The van der Waals surface area contributed by atoms with Crippen molar-refractivity contribution in [3.8, 4) is 0 Å². The minimum Gasteiger partial charge on any atom is -0.353 e. The van der Waals surface area contributed by atoms with Crippen molar-refractivity contribution in [1.82, 2.24) is 19.8 Å². The Bertz CT molecular complexity index is 994. The van der Waals surface area contributed by atoms with Crippen LogP contribution in [0, 0.1) is 0 Å². The van der Waals surface area contributed by atoms with Gasteiger partial charge in [-0.3, -0.25) is 4.79 Å². The smallest absolute Gasteiger partial charge is 0.231 e. The first-order chi connectivity index (χ1) is 16.5. The van der Waals surface area contributed by atoms with E-state index in [9.17, 15) is 4.79 Å². The molecule has 1 aliphatic heterocycles. The van der Waals surface area contributed by atoms with Crippen LogP contribution in [-0.2, 0) is 11.2 Å². The number of anilines is 1. The number of piperazine rings is 1. The lowest BCUT2D eigenvalue weighted by Gasteiger charge is -2.38. The highest BCUT2D eigenvalue weighted by molar-refractivity contribution is 5.84. The van der Waals surface area contributed by atoms with Gasteiger partial charge in [-0.2, -0.15) is 0 Å². The van der Waals surface area contributed by atoms with Crippen molar-refractivity contribution in [2.24, 2.45) is 0 Å². The van der Waals surface area contributed by atoms with Gasteiger partial charge in [0.2, 0.25) is 5.91 Å². The molecule has 1 amide bonds. The lowest BCUT2D eigenvalue weighted by Crippen LogP contribution is -2.51. The normalized spacial score (nSPS) is 21.1. The fourth-order valence-electron chi connectivity index (χ4n) is 5.76. The Morgan fingerprint density at radius 2 is 1.82 bits per heavy atom. The summed E-state index contributed by atoms with van der Waals surface area (Å²) in [7, 11) is 2.14. The second-order valence-electron chi connectivity index (χ2n) is 10.6. The zero-order chi connectivity index (χ0) is 23.7. The molecule has 2 fully saturated rings. The van der Waals surface area contributed by atoms with Crippen LogP contribution < -0.4 is 4.90 Å². The molecule has 1 aromatic carbocycles. The van der Waals surface area contributed by atoms with Gasteiger partial charge in [0.05, 0.1) is 5.92 Å². The van der Waals surface area contributed by atoms with Gasteiger partial charge >= 0.3 is 0 Å². The molecule has 1 saturated carbocycles. The van der Waals surface area contributed by atoms with E-state index in [-0.39, 0.29) is 11.8 Å². The molecule has 2 aromatic rings. The van der Waals surface area contributed by atoms with E-state index >= 15 is 0 Å². The Balaban J connectivity index is 1.29. The number of hydrogen-bond donors (Lipinski definition) is 0. The van der Waals surface area contributed by atoms with Crippen LogP contribution in [0.5, 0.6) is 0 Å². The molecule has 0 bridgehead atoms. The highest BCUT2D eigenvalue weighted by Crippen LogP contribution is 2.40. The van der Waals surface area contributed by atoms with Crippen LogP contribution in [0.4, 0.5) is 5.82 Å². The molecule has 5 rings (SSSR count). The molecule has 3 aliphatic rings. The van der Waals surface area contributed by atoms with Crippen molar-refractivity contribution in [1.29, 1.82) is 0 Å². The van der Waals surface area contributed by atoms with Crippen molar-refractivity contribution in [3.63, 3.8) is 0 Å². The number of carbonyl (C=O) groups is 1. The summed E-state index contributed by atoms with van der Waals surface area (Å²) in [6, 6.07) is 8.92. The molecule has 0 N–H and O–H groups in total. The maximum absolute atomic E-state index is 13.8. The lowest BCUT2D eigenvalue weighted by atomic mass is 9.94. The SMILES string of the molecule is CCCN(C)CC(C(=O)N1CCN(c2ncnc3c2C(C)CC3)CC1)c1ccc(C2CC2)cc1. The summed E-state index contributed by atoms with van der Waals surface area (Å²) >= 11 is 0. The first kappa shape index (κ1) is 23.3. The van der Waals surface area contributed by atoms with Gasteiger partial charge in [0, 0.05) is 44.0 Å². The first-order valence-electron chi connectivity index (χ1n) is 13.2. The third-order valence-electron chi connectivity index (χ3n) is 7.93. The highest BCUT2D eigenvalue weighted by atomic mass is 16.2. The Hall–Kier alpha value is -2.47. The fourth-order valence-corrected chi connectivity index (χ4v) is 5.76. The van der Waals surface area contributed by atoms with Gasteiger partial charge in [-0.25, -0.2) is 9.97 Å². The van der Waals surface area contributed by atoms with Gasteiger partial charge < -0.3 is 14.7 Å². The van der Waals surface area contributed by atoms with Gasteiger partial charge in [0.25, 0.3) is 0 Å². The van der Waals surface area contributed by atoms with Gasteiger partial charge in [-0.1, -0.05) is 38.1 Å². The van der Waals surface area contributed by atoms with Crippen LogP contribution in [-0.4, -0.2) is 72.0 Å². The lowest BCUT2D eigenvalue weighted by molar-refractivity contribution is -0.133. The molecule has 2 unspecified atom stereocenters. The van der Waals surface area contributed by atoms with Crippen molar-refractivity contribution in [2.45, 2.75) is 63.7 Å². The Labute approximate surface area is 204 Å². The molecule has 2 aliphatic carbocycles. The van der Waals surface area contributed by atoms with Gasteiger partial charge in [-0.05, 0) is 68.7 Å². The molecule has 0 radical (unpaired) electrons. The predicted molar refractivity (Wildman–Crippen MR) is 137 cm³/mol. The zero-order valence-corrected chi connectivity index (χ0v) is 21.0. The molecule has 1 aromatic heterocycles. The average molecular weight is 462 g/mol. The van der Waals surface area contributed by atoms with E-state index in [0.717, 1.165) is 75.8 Å². The molecular formula is C28H39N5O. The summed E-state index contributed by atoms with van der Waals surface area (Å²) < 4.78 is 0. The molecule has 182 valence electrons. The van der Waals surface area contributed by atoms with Crippen LogP contribution in [0.1, 0.15) is 79.7 Å². The quantitative estimate of drug-likeness (QED) is 0.590. The average Bonchev–Trinajstić information content (AvgIpc) is 3.65. The molecule has 2 atom stereocenters. The molecule has 1 saturated heterocycles. The number of aryl methyl sites for hydroxylation is 1. The fraction of sp³-hybridized carbons (Fsp3) is 0.607. The number of fused-ring (bicyclic) bond motifs is 1. The largest absolute Gasteiger partial charge is 0.353 e. The van der Waals surface area contributed by atoms with Gasteiger partial charge in [0.1, 0.15) is 12.1 Å². The van der Waals surface area contributed by atoms with Crippen molar-refractivity contribution >= 4 is 11.7 Å². The van der Waals surface area contributed by atoms with Crippen LogP contribution in [0.3, 0.4) is 0 Å². The standard InChI is InChI=1S/C28H39N5O/c1-4-13-31(3)18-24(23-10-8-22(9-11-23)21-6-7-21)28(34)33-16-14-32(15-17-33)27-26-20(2)5-12-25(26)29-19-30-27/h8-11,19-21,24H,4-7,12-18H2,1-3H3. The molecule has 34 heavy (non-hydrogen) atoms. The molecule has 0 spiro atoms. The van der Waals surface area contributed by atoms with Crippen molar-refractivity contribution < 1.29 is 4.79 Å². The number of benzene rings is 1. The van der Waals surface area contributed by atoms with E-state index in [4.69, 9.17) is 0 Å². The second kappa shape index (κ2) is 10.0. The maximum Gasteiger partial charge on any atom is 0.231 e. The number of likely N-dealkylation sites (N-methyl/N-ethyl adjacent to an activating group) is 1. The molecule has 2 heterocycles. The second-order valence-corrected chi connectivity index (χ2v) is 10.6. The number of amides is 1. The third kappa shape index (κ3) is 4.83. The van der Waals surface area contributed by atoms with E-state index in [1.807, 2.05) is 0 Å². The predicted octanol–water partition coefficient (Wildman–Crippen LogP) is 4.18. The number of nitrogens with zero attached hydrogens (tertiary/aromatic N) is 5. The zero-order valence-electron chi connectivity index (χ0n) is 21.0. The van der Waals surface area contributed by atoms with Crippen molar-refractivity contribution in [2.75, 3.05) is 51.2 Å². The van der Waals surface area contributed by atoms with Crippen LogP contribution in [0.25, 0.3) is 0 Å². The maximum atomic E-state index is 13.8. The van der Waals surface area contributed by atoms with E-state index in [1.165, 1.54) is 29.7 Å². The van der Waals surface area contributed by atoms with Gasteiger partial charge in [0.15, 0.2) is 0 Å². The summed E-state index contributed by atoms with van der Waals surface area (Å²) in [5.41, 5.74) is 5.13. The number of hydrogen-bond acceptors (Lipinski definition) is 5. The Kier molecular flexibility index (Phi) is 6.87. The van der Waals surface area contributed by atoms with Crippen molar-refractivity contribution in [3.05, 3.63) is 53.0 Å². The van der Waals surface area contributed by atoms with Crippen LogP contribution in [0.2, 0.25) is 0 Å². The van der Waals surface area contributed by atoms with Gasteiger partial charge in [-0.15, -0.1) is 0 Å². The minimum atomic E-state index is -0.111. The van der Waals surface area contributed by atoms with E-state index < -0.39 is 0 Å². The topological polar surface area (TPSA) is 52.6 Å². The van der Waals surface area contributed by atoms with E-state index in [0.29, 0.717) is 5.92 Å². The third-order valence-corrected chi connectivity index (χ3v) is 7.93. The Morgan fingerprint density at radius 3 is 2.50 bits per heavy atom. The minimum absolute atomic E-state index is 0.111. The monoisotopic (exact) mass is 461 g/mol. The summed E-state index contributed by atoms with van der Waals surface area (Å²) in [5.74, 6) is 2.51. The summed E-state index contributed by atoms with van der Waals surface area (Å²) in [5, 5.41) is 0. The number of rotatable bonds is 8. The van der Waals surface area contributed by atoms with E-state index in [2.05, 4.69) is 69.8 Å². The first-order valence-corrected chi connectivity index (χ1v) is 13.2. The Morgan fingerprint density at radius 1 is 1.09 bits per heavy atom. The highest BCUT2D eigenvalue weighted by Gasteiger charge is 2.33. The summed E-state index contributed by atoms with van der Waals surface area (Å²) in [6.07, 6.45) is 7.63. The van der Waals surface area contributed by atoms with Crippen LogP contribution in [0.15, 0.2) is 30.6 Å². The van der Waals surface area contributed by atoms with Crippen LogP contribution >= 0.6 is 0 Å². The summed E-state index contributed by atoms with van der Waals surface area (Å²) in [6.45, 7) is 9.42. The van der Waals surface area contributed by atoms with E-state index in [1.54, 1.807) is 6.33 Å². The molecule has 6 heteroatoms.